The van der Waals surface area contributed by atoms with Gasteiger partial charge in [-0.2, -0.15) is 0 Å². The summed E-state index contributed by atoms with van der Waals surface area (Å²) in [4.78, 5) is 24.1. The lowest BCUT2D eigenvalue weighted by atomic mass is 10.2. The van der Waals surface area contributed by atoms with Crippen molar-refractivity contribution in [2.24, 2.45) is 0 Å². The van der Waals surface area contributed by atoms with Gasteiger partial charge in [0.05, 0.1) is 19.6 Å². The van der Waals surface area contributed by atoms with Gasteiger partial charge in [-0.05, 0) is 56.7 Å². The van der Waals surface area contributed by atoms with E-state index in [1.54, 1.807) is 24.3 Å². The lowest BCUT2D eigenvalue weighted by Crippen LogP contribution is -2.30. The van der Waals surface area contributed by atoms with Crippen molar-refractivity contribution < 1.29 is 23.8 Å². The molecule has 6 heteroatoms. The largest absolute Gasteiger partial charge is 0.494 e. The molecule has 1 amide bonds. The van der Waals surface area contributed by atoms with Gasteiger partial charge in [0.1, 0.15) is 11.5 Å². The fourth-order valence-electron chi connectivity index (χ4n) is 2.32. The van der Waals surface area contributed by atoms with E-state index in [1.165, 1.54) is 6.92 Å². The van der Waals surface area contributed by atoms with Crippen LogP contribution in [0.4, 0.5) is 5.69 Å². The van der Waals surface area contributed by atoms with Crippen LogP contribution in [-0.4, -0.2) is 31.2 Å². The third-order valence-electron chi connectivity index (χ3n) is 3.77. The highest BCUT2D eigenvalue weighted by molar-refractivity contribution is 5.95. The SMILES string of the molecule is CCOc1ccc(NC(=O)C(C)OC(=O)CCOc2ccccc2C)cc1. The number of carbonyl (C=O) groups excluding carboxylic acids is 2. The van der Waals surface area contributed by atoms with Crippen LogP contribution in [0, 0.1) is 6.92 Å². The Morgan fingerprint density at radius 3 is 2.41 bits per heavy atom. The zero-order valence-electron chi connectivity index (χ0n) is 15.9. The van der Waals surface area contributed by atoms with Crippen LogP contribution in [0.2, 0.25) is 0 Å². The number of esters is 1. The smallest absolute Gasteiger partial charge is 0.310 e. The number of carbonyl (C=O) groups is 2. The Bertz CT molecular complexity index is 757. The summed E-state index contributed by atoms with van der Waals surface area (Å²) in [7, 11) is 0. The lowest BCUT2D eigenvalue weighted by molar-refractivity contribution is -0.153. The van der Waals surface area contributed by atoms with Crippen LogP contribution in [0.25, 0.3) is 0 Å². The Balaban J connectivity index is 1.74. The number of hydrogen-bond acceptors (Lipinski definition) is 5. The molecule has 0 aliphatic rings. The van der Waals surface area contributed by atoms with E-state index in [4.69, 9.17) is 14.2 Å². The zero-order valence-corrected chi connectivity index (χ0v) is 15.9. The van der Waals surface area contributed by atoms with Gasteiger partial charge < -0.3 is 19.5 Å². The molecule has 0 aliphatic heterocycles. The van der Waals surface area contributed by atoms with E-state index < -0.39 is 18.0 Å². The summed E-state index contributed by atoms with van der Waals surface area (Å²) >= 11 is 0. The van der Waals surface area contributed by atoms with Crippen LogP contribution >= 0.6 is 0 Å². The normalized spacial score (nSPS) is 11.4. The van der Waals surface area contributed by atoms with Crippen molar-refractivity contribution in [2.45, 2.75) is 33.3 Å². The molecule has 0 saturated heterocycles. The number of ether oxygens (including phenoxy) is 3. The predicted molar refractivity (Wildman–Crippen MR) is 103 cm³/mol. The van der Waals surface area contributed by atoms with Crippen molar-refractivity contribution in [3.8, 4) is 11.5 Å². The molecule has 0 heterocycles. The molecule has 1 atom stereocenters. The van der Waals surface area contributed by atoms with Crippen LogP contribution in [-0.2, 0) is 14.3 Å². The van der Waals surface area contributed by atoms with Crippen molar-refractivity contribution in [1.82, 2.24) is 0 Å². The molecular weight excluding hydrogens is 346 g/mol. The van der Waals surface area contributed by atoms with Gasteiger partial charge in [-0.3, -0.25) is 9.59 Å². The summed E-state index contributed by atoms with van der Waals surface area (Å²) < 4.78 is 16.1. The number of para-hydroxylation sites is 1. The van der Waals surface area contributed by atoms with Crippen LogP contribution < -0.4 is 14.8 Å². The second-order valence-corrected chi connectivity index (χ2v) is 5.94. The number of nitrogens with one attached hydrogen (secondary N) is 1. The second kappa shape index (κ2) is 10.2. The Hall–Kier alpha value is -3.02. The first kappa shape index (κ1) is 20.3. The standard InChI is InChI=1S/C21H25NO5/c1-4-25-18-11-9-17(10-12-18)22-21(24)16(3)27-20(23)13-14-26-19-8-6-5-7-15(19)2/h5-12,16H,4,13-14H2,1-3H3,(H,22,24). The molecule has 1 N–H and O–H groups in total. The fraction of sp³-hybridized carbons (Fsp3) is 0.333. The van der Waals surface area contributed by atoms with Gasteiger partial charge in [-0.25, -0.2) is 0 Å². The number of anilines is 1. The summed E-state index contributed by atoms with van der Waals surface area (Å²) in [5, 5.41) is 2.70. The average molecular weight is 371 g/mol. The van der Waals surface area contributed by atoms with E-state index in [0.29, 0.717) is 12.3 Å². The van der Waals surface area contributed by atoms with Gasteiger partial charge in [0.15, 0.2) is 6.10 Å². The molecule has 144 valence electrons. The van der Waals surface area contributed by atoms with Gasteiger partial charge in [0.25, 0.3) is 5.91 Å². The molecule has 0 fully saturated rings. The maximum atomic E-state index is 12.1. The van der Waals surface area contributed by atoms with Crippen LogP contribution in [0.15, 0.2) is 48.5 Å². The highest BCUT2D eigenvalue weighted by Crippen LogP contribution is 2.17. The van der Waals surface area contributed by atoms with Crippen LogP contribution in [0.1, 0.15) is 25.8 Å². The predicted octanol–water partition coefficient (Wildman–Crippen LogP) is 3.73. The number of rotatable bonds is 9. The van der Waals surface area contributed by atoms with E-state index in [1.807, 2.05) is 38.1 Å². The first-order valence-electron chi connectivity index (χ1n) is 8.91. The zero-order chi connectivity index (χ0) is 19.6. The second-order valence-electron chi connectivity index (χ2n) is 5.94. The van der Waals surface area contributed by atoms with Gasteiger partial charge in [-0.1, -0.05) is 18.2 Å². The van der Waals surface area contributed by atoms with E-state index in [-0.39, 0.29) is 13.0 Å². The highest BCUT2D eigenvalue weighted by atomic mass is 16.5. The molecule has 0 radical (unpaired) electrons. The van der Waals surface area contributed by atoms with Crippen molar-refractivity contribution >= 4 is 17.6 Å². The molecule has 0 bridgehead atoms. The first-order chi connectivity index (χ1) is 13.0. The maximum Gasteiger partial charge on any atom is 0.310 e. The highest BCUT2D eigenvalue weighted by Gasteiger charge is 2.18. The minimum absolute atomic E-state index is 0.0645. The Morgan fingerprint density at radius 2 is 1.74 bits per heavy atom. The number of benzene rings is 2. The molecule has 2 rings (SSSR count). The number of aryl methyl sites for hydroxylation is 1. The third kappa shape index (κ3) is 6.66. The van der Waals surface area contributed by atoms with Crippen molar-refractivity contribution in [3.63, 3.8) is 0 Å². The van der Waals surface area contributed by atoms with Crippen molar-refractivity contribution in [3.05, 3.63) is 54.1 Å². The molecule has 0 spiro atoms. The summed E-state index contributed by atoms with van der Waals surface area (Å²) in [6.45, 7) is 6.13. The molecule has 27 heavy (non-hydrogen) atoms. The first-order valence-corrected chi connectivity index (χ1v) is 8.91. The molecule has 2 aromatic rings. The quantitative estimate of drug-likeness (QED) is 0.680. The molecular formula is C21H25NO5. The van der Waals surface area contributed by atoms with E-state index in [2.05, 4.69) is 5.32 Å². The lowest BCUT2D eigenvalue weighted by Gasteiger charge is -2.14. The van der Waals surface area contributed by atoms with Crippen LogP contribution in [0.3, 0.4) is 0 Å². The van der Waals surface area contributed by atoms with Gasteiger partial charge >= 0.3 is 5.97 Å². The minimum Gasteiger partial charge on any atom is -0.494 e. The molecule has 0 aromatic heterocycles. The minimum atomic E-state index is -0.900. The molecule has 1 unspecified atom stereocenters. The molecule has 2 aromatic carbocycles. The Labute approximate surface area is 159 Å². The number of amides is 1. The Morgan fingerprint density at radius 1 is 1.04 bits per heavy atom. The van der Waals surface area contributed by atoms with Gasteiger partial charge in [0.2, 0.25) is 0 Å². The topological polar surface area (TPSA) is 73.9 Å². The van der Waals surface area contributed by atoms with E-state index >= 15 is 0 Å². The summed E-state index contributed by atoms with van der Waals surface area (Å²) in [6, 6.07) is 14.5. The molecule has 6 nitrogen and oxygen atoms in total. The summed E-state index contributed by atoms with van der Waals surface area (Å²) in [5.41, 5.74) is 1.60. The van der Waals surface area contributed by atoms with Crippen molar-refractivity contribution in [1.29, 1.82) is 0 Å². The number of hydrogen-bond donors (Lipinski definition) is 1. The molecule has 0 saturated carbocycles. The van der Waals surface area contributed by atoms with Crippen molar-refractivity contribution in [2.75, 3.05) is 18.5 Å². The van der Waals surface area contributed by atoms with E-state index in [0.717, 1.165) is 17.1 Å². The van der Waals surface area contributed by atoms with E-state index in [9.17, 15) is 9.59 Å². The van der Waals surface area contributed by atoms with Gasteiger partial charge in [0, 0.05) is 5.69 Å². The monoisotopic (exact) mass is 371 g/mol. The Kier molecular flexibility index (Phi) is 7.67. The summed E-state index contributed by atoms with van der Waals surface area (Å²) in [6.07, 6.45) is -0.836. The van der Waals surface area contributed by atoms with Crippen LogP contribution in [0.5, 0.6) is 11.5 Å². The van der Waals surface area contributed by atoms with Gasteiger partial charge in [-0.15, -0.1) is 0 Å². The maximum absolute atomic E-state index is 12.1. The third-order valence-corrected chi connectivity index (χ3v) is 3.77. The average Bonchev–Trinajstić information content (AvgIpc) is 2.65. The molecule has 0 aliphatic carbocycles. The summed E-state index contributed by atoms with van der Waals surface area (Å²) in [5.74, 6) is 0.570. The fourth-order valence-corrected chi connectivity index (χ4v) is 2.32.